The molecular weight excluding hydrogens is 502 g/mol. The van der Waals surface area contributed by atoms with Crippen LogP contribution in [0.15, 0.2) is 44.1 Å². The lowest BCUT2D eigenvalue weighted by Crippen LogP contribution is -2.44. The molecule has 0 aliphatic carbocycles. The minimum Gasteiger partial charge on any atom is -0.457 e. The number of hydrogen-bond donors (Lipinski definition) is 0. The Morgan fingerprint density at radius 3 is 2.62 bits per heavy atom. The Hall–Kier alpha value is -2.92. The highest BCUT2D eigenvalue weighted by molar-refractivity contribution is 9.10. The second-order valence-electron chi connectivity index (χ2n) is 7.33. The van der Waals surface area contributed by atoms with Crippen LogP contribution in [0.3, 0.4) is 0 Å². The standard InChI is InChI=1S/C21H18BrN3O6S/c22-16-10-13(25(29)30)4-6-15(16)17-7-5-14(31-17)11-18-20(27)24(21(28)32-18)12-19(26)23-8-2-1-3-9-23/h4-7,10-11H,1-3,8-9,12H2/b18-11-. The van der Waals surface area contributed by atoms with Crippen molar-refractivity contribution >= 4 is 56.5 Å². The molecule has 3 amide bonds. The number of nitro groups is 1. The van der Waals surface area contributed by atoms with Gasteiger partial charge in [-0.05, 0) is 65.2 Å². The smallest absolute Gasteiger partial charge is 0.294 e. The first kappa shape index (κ1) is 22.3. The third-order valence-corrected chi connectivity index (χ3v) is 6.77. The van der Waals surface area contributed by atoms with Gasteiger partial charge >= 0.3 is 0 Å². The highest BCUT2D eigenvalue weighted by Crippen LogP contribution is 2.35. The molecule has 4 rings (SSSR count). The van der Waals surface area contributed by atoms with Gasteiger partial charge in [0.1, 0.15) is 18.1 Å². The number of benzene rings is 1. The topological polar surface area (TPSA) is 114 Å². The number of piperidine rings is 1. The lowest BCUT2D eigenvalue weighted by atomic mass is 10.1. The fourth-order valence-corrected chi connectivity index (χ4v) is 4.92. The van der Waals surface area contributed by atoms with E-state index in [0.29, 0.717) is 34.6 Å². The first-order valence-electron chi connectivity index (χ1n) is 9.91. The Morgan fingerprint density at radius 1 is 1.19 bits per heavy atom. The summed E-state index contributed by atoms with van der Waals surface area (Å²) in [4.78, 5) is 50.7. The molecule has 166 valence electrons. The van der Waals surface area contributed by atoms with Crippen molar-refractivity contribution in [3.63, 3.8) is 0 Å². The monoisotopic (exact) mass is 519 g/mol. The molecule has 32 heavy (non-hydrogen) atoms. The summed E-state index contributed by atoms with van der Waals surface area (Å²) in [5.41, 5.74) is 0.552. The second-order valence-corrected chi connectivity index (χ2v) is 9.18. The summed E-state index contributed by atoms with van der Waals surface area (Å²) in [6, 6.07) is 7.61. The largest absolute Gasteiger partial charge is 0.457 e. The summed E-state index contributed by atoms with van der Waals surface area (Å²) in [5, 5.41) is 10.4. The average molecular weight is 520 g/mol. The van der Waals surface area contributed by atoms with Gasteiger partial charge in [0.2, 0.25) is 5.91 Å². The maximum Gasteiger partial charge on any atom is 0.294 e. The van der Waals surface area contributed by atoms with Crippen LogP contribution in [0, 0.1) is 10.1 Å². The van der Waals surface area contributed by atoms with Crippen molar-refractivity contribution in [1.29, 1.82) is 0 Å². The van der Waals surface area contributed by atoms with Crippen LogP contribution in [0.5, 0.6) is 0 Å². The Kier molecular flexibility index (Phi) is 6.47. The van der Waals surface area contributed by atoms with E-state index in [4.69, 9.17) is 4.42 Å². The number of rotatable bonds is 5. The van der Waals surface area contributed by atoms with E-state index in [1.54, 1.807) is 23.1 Å². The molecule has 1 aromatic carbocycles. The first-order valence-corrected chi connectivity index (χ1v) is 11.5. The third kappa shape index (κ3) is 4.63. The van der Waals surface area contributed by atoms with Crippen LogP contribution in [0.1, 0.15) is 25.0 Å². The van der Waals surface area contributed by atoms with E-state index in [-0.39, 0.29) is 23.0 Å². The number of carbonyl (C=O) groups excluding carboxylic acids is 3. The predicted molar refractivity (Wildman–Crippen MR) is 122 cm³/mol. The van der Waals surface area contributed by atoms with E-state index in [0.717, 1.165) is 35.9 Å². The number of non-ortho nitro benzene ring substituents is 1. The van der Waals surface area contributed by atoms with Gasteiger partial charge in [0.05, 0.1) is 9.83 Å². The van der Waals surface area contributed by atoms with Crippen molar-refractivity contribution < 1.29 is 23.7 Å². The molecule has 2 saturated heterocycles. The Balaban J connectivity index is 1.48. The molecule has 2 aliphatic rings. The second kappa shape index (κ2) is 9.29. The van der Waals surface area contributed by atoms with Crippen LogP contribution >= 0.6 is 27.7 Å². The quantitative estimate of drug-likeness (QED) is 0.320. The summed E-state index contributed by atoms with van der Waals surface area (Å²) in [6.07, 6.45) is 4.40. The Morgan fingerprint density at radius 2 is 1.94 bits per heavy atom. The molecule has 3 heterocycles. The van der Waals surface area contributed by atoms with Crippen LogP contribution in [-0.4, -0.2) is 51.4 Å². The van der Waals surface area contributed by atoms with Gasteiger partial charge in [0.25, 0.3) is 16.8 Å². The molecule has 0 radical (unpaired) electrons. The molecule has 2 aliphatic heterocycles. The fourth-order valence-electron chi connectivity index (χ4n) is 3.54. The van der Waals surface area contributed by atoms with E-state index in [1.807, 2.05) is 0 Å². The maximum atomic E-state index is 12.7. The maximum absolute atomic E-state index is 12.7. The van der Waals surface area contributed by atoms with Crippen molar-refractivity contribution in [2.75, 3.05) is 19.6 Å². The predicted octanol–water partition coefficient (Wildman–Crippen LogP) is 4.67. The van der Waals surface area contributed by atoms with Crippen molar-refractivity contribution in [2.45, 2.75) is 19.3 Å². The number of carbonyl (C=O) groups is 3. The van der Waals surface area contributed by atoms with Gasteiger partial charge in [-0.1, -0.05) is 0 Å². The molecule has 1 aromatic heterocycles. The average Bonchev–Trinajstić information content (AvgIpc) is 3.34. The minimum atomic E-state index is -0.528. The highest BCUT2D eigenvalue weighted by atomic mass is 79.9. The summed E-state index contributed by atoms with van der Waals surface area (Å²) in [5.74, 6) is 0.0343. The van der Waals surface area contributed by atoms with Crippen LogP contribution in [0.25, 0.3) is 17.4 Å². The number of amides is 3. The SMILES string of the molecule is O=C(CN1C(=O)S/C(=C\c2ccc(-c3ccc([N+](=O)[O-])cc3Br)o2)C1=O)N1CCCCC1. The lowest BCUT2D eigenvalue weighted by molar-refractivity contribution is -0.384. The summed E-state index contributed by atoms with van der Waals surface area (Å²) in [6.45, 7) is 1.04. The molecule has 0 spiro atoms. The number of likely N-dealkylation sites (tertiary alicyclic amines) is 1. The van der Waals surface area contributed by atoms with Crippen LogP contribution in [0.4, 0.5) is 10.5 Å². The number of halogens is 1. The lowest BCUT2D eigenvalue weighted by Gasteiger charge is -2.27. The van der Waals surface area contributed by atoms with Gasteiger partial charge in [-0.2, -0.15) is 0 Å². The summed E-state index contributed by atoms with van der Waals surface area (Å²) < 4.78 is 6.25. The van der Waals surface area contributed by atoms with Crippen molar-refractivity contribution in [3.05, 3.63) is 55.6 Å². The highest BCUT2D eigenvalue weighted by Gasteiger charge is 2.37. The molecule has 0 bridgehead atoms. The normalized spacial score (nSPS) is 18.0. The number of nitro benzene ring substituents is 1. The minimum absolute atomic E-state index is 0.0554. The molecular formula is C21H18BrN3O6S. The first-order chi connectivity index (χ1) is 15.3. The zero-order chi connectivity index (χ0) is 22.8. The van der Waals surface area contributed by atoms with E-state index in [1.165, 1.54) is 18.2 Å². The zero-order valence-electron chi connectivity index (χ0n) is 16.8. The molecule has 0 unspecified atom stereocenters. The zero-order valence-corrected chi connectivity index (χ0v) is 19.2. The van der Waals surface area contributed by atoms with Crippen molar-refractivity contribution in [2.24, 2.45) is 0 Å². The van der Waals surface area contributed by atoms with E-state index in [9.17, 15) is 24.5 Å². The molecule has 2 fully saturated rings. The molecule has 11 heteroatoms. The number of nitrogens with zero attached hydrogens (tertiary/aromatic N) is 3. The van der Waals surface area contributed by atoms with Crippen LogP contribution < -0.4 is 0 Å². The van der Waals surface area contributed by atoms with Crippen LogP contribution in [-0.2, 0) is 9.59 Å². The molecule has 9 nitrogen and oxygen atoms in total. The fraction of sp³-hybridized carbons (Fsp3) is 0.286. The van der Waals surface area contributed by atoms with Gasteiger partial charge in [-0.15, -0.1) is 0 Å². The van der Waals surface area contributed by atoms with Gasteiger partial charge in [-0.25, -0.2) is 0 Å². The number of hydrogen-bond acceptors (Lipinski definition) is 7. The molecule has 0 N–H and O–H groups in total. The summed E-state index contributed by atoms with van der Waals surface area (Å²) >= 11 is 4.07. The third-order valence-electron chi connectivity index (χ3n) is 5.20. The molecule has 0 atom stereocenters. The molecule has 2 aromatic rings. The van der Waals surface area contributed by atoms with Crippen LogP contribution in [0.2, 0.25) is 0 Å². The van der Waals surface area contributed by atoms with Gasteiger partial charge in [-0.3, -0.25) is 29.4 Å². The van der Waals surface area contributed by atoms with Gasteiger partial charge in [0.15, 0.2) is 0 Å². The van der Waals surface area contributed by atoms with E-state index < -0.39 is 16.1 Å². The molecule has 0 saturated carbocycles. The Labute approximate surface area is 195 Å². The van der Waals surface area contributed by atoms with E-state index >= 15 is 0 Å². The van der Waals surface area contributed by atoms with Gasteiger partial charge < -0.3 is 9.32 Å². The number of furan rings is 1. The van der Waals surface area contributed by atoms with Crippen molar-refractivity contribution in [1.82, 2.24) is 9.80 Å². The van der Waals surface area contributed by atoms with Crippen molar-refractivity contribution in [3.8, 4) is 11.3 Å². The number of imide groups is 1. The van der Waals surface area contributed by atoms with Gasteiger partial charge in [0, 0.05) is 41.3 Å². The Bertz CT molecular complexity index is 1140. The summed E-state index contributed by atoms with van der Waals surface area (Å²) in [7, 11) is 0. The number of thioether (sulfide) groups is 1. The van der Waals surface area contributed by atoms with E-state index in [2.05, 4.69) is 15.9 Å².